The highest BCUT2D eigenvalue weighted by Crippen LogP contribution is 2.12. The van der Waals surface area contributed by atoms with Crippen LogP contribution in [0.3, 0.4) is 0 Å². The van der Waals surface area contributed by atoms with Gasteiger partial charge in [0.1, 0.15) is 5.25 Å². The van der Waals surface area contributed by atoms with Crippen LogP contribution in [-0.4, -0.2) is 48.0 Å². The van der Waals surface area contributed by atoms with Crippen molar-refractivity contribution in [1.29, 1.82) is 0 Å². The average molecular weight is 233 g/mol. The summed E-state index contributed by atoms with van der Waals surface area (Å²) in [6.07, 6.45) is 0. The minimum Gasteiger partial charge on any atom is -0.468 e. The molecule has 1 unspecified atom stereocenters. The second-order valence-electron chi connectivity index (χ2n) is 3.04. The van der Waals surface area contributed by atoms with Crippen molar-refractivity contribution in [1.82, 2.24) is 4.90 Å². The van der Waals surface area contributed by atoms with Gasteiger partial charge in [0, 0.05) is 13.1 Å². The van der Waals surface area contributed by atoms with Gasteiger partial charge < -0.3 is 9.64 Å². The maximum absolute atomic E-state index is 11.6. The van der Waals surface area contributed by atoms with Crippen LogP contribution in [0.4, 0.5) is 0 Å². The van der Waals surface area contributed by atoms with Gasteiger partial charge in [0.05, 0.1) is 12.9 Å². The summed E-state index contributed by atoms with van der Waals surface area (Å²) in [7, 11) is 1.35. The predicted molar refractivity (Wildman–Crippen MR) is 61.9 cm³/mol. The first kappa shape index (κ1) is 14.3. The van der Waals surface area contributed by atoms with Crippen molar-refractivity contribution in [2.24, 2.45) is 0 Å². The number of ether oxygens (including phenoxy) is 1. The fraction of sp³-hybridized carbons (Fsp3) is 0.800. The highest BCUT2D eigenvalue weighted by atomic mass is 32.2. The van der Waals surface area contributed by atoms with E-state index in [-0.39, 0.29) is 17.1 Å². The number of amides is 1. The van der Waals surface area contributed by atoms with Crippen LogP contribution in [-0.2, 0) is 14.3 Å². The number of hydrogen-bond donors (Lipinski definition) is 0. The zero-order valence-corrected chi connectivity index (χ0v) is 10.6. The van der Waals surface area contributed by atoms with Crippen molar-refractivity contribution in [3.63, 3.8) is 0 Å². The van der Waals surface area contributed by atoms with Crippen LogP contribution in [0.5, 0.6) is 0 Å². The third-order valence-corrected chi connectivity index (χ3v) is 3.21. The first-order chi connectivity index (χ1) is 7.06. The van der Waals surface area contributed by atoms with Crippen LogP contribution in [0.1, 0.15) is 20.8 Å². The molecule has 0 aliphatic carbocycles. The number of rotatable bonds is 6. The van der Waals surface area contributed by atoms with Gasteiger partial charge in [0.2, 0.25) is 5.91 Å². The van der Waals surface area contributed by atoms with Crippen molar-refractivity contribution < 1.29 is 14.3 Å². The average Bonchev–Trinajstić information content (AvgIpc) is 2.26. The van der Waals surface area contributed by atoms with E-state index in [4.69, 9.17) is 0 Å². The molecule has 0 aromatic rings. The van der Waals surface area contributed by atoms with Gasteiger partial charge in [-0.15, -0.1) is 11.8 Å². The number of carbonyl (C=O) groups is 2. The Morgan fingerprint density at radius 1 is 1.33 bits per heavy atom. The molecule has 0 aliphatic heterocycles. The molecule has 0 spiro atoms. The molecule has 0 rings (SSSR count). The van der Waals surface area contributed by atoms with E-state index >= 15 is 0 Å². The van der Waals surface area contributed by atoms with Crippen LogP contribution < -0.4 is 0 Å². The molecular formula is C10H19NO3S. The Balaban J connectivity index is 3.94. The monoisotopic (exact) mass is 233 g/mol. The number of carbonyl (C=O) groups excluding carboxylic acids is 2. The SMILES string of the molecule is CCN(CC)C(=O)CSC(C)C(=O)OC. The fourth-order valence-electron chi connectivity index (χ4n) is 1.10. The van der Waals surface area contributed by atoms with Gasteiger partial charge in [-0.25, -0.2) is 0 Å². The summed E-state index contributed by atoms with van der Waals surface area (Å²) in [5.74, 6) is 0.117. The van der Waals surface area contributed by atoms with Gasteiger partial charge >= 0.3 is 5.97 Å². The van der Waals surface area contributed by atoms with Crippen LogP contribution in [0.15, 0.2) is 0 Å². The summed E-state index contributed by atoms with van der Waals surface area (Å²) in [4.78, 5) is 24.4. The second-order valence-corrected chi connectivity index (χ2v) is 4.37. The molecule has 1 amide bonds. The lowest BCUT2D eigenvalue weighted by molar-refractivity contribution is -0.139. The van der Waals surface area contributed by atoms with Crippen LogP contribution >= 0.6 is 11.8 Å². The summed E-state index contributed by atoms with van der Waals surface area (Å²) in [6, 6.07) is 0. The Labute approximate surface area is 95.3 Å². The maximum Gasteiger partial charge on any atom is 0.318 e. The van der Waals surface area contributed by atoms with Crippen LogP contribution in [0, 0.1) is 0 Å². The molecule has 1 atom stereocenters. The molecule has 0 radical (unpaired) electrons. The van der Waals surface area contributed by atoms with E-state index in [1.54, 1.807) is 11.8 Å². The van der Waals surface area contributed by atoms with E-state index in [9.17, 15) is 9.59 Å². The Morgan fingerprint density at radius 2 is 1.87 bits per heavy atom. The first-order valence-corrected chi connectivity index (χ1v) is 6.08. The Bertz CT molecular complexity index is 217. The molecule has 0 fully saturated rings. The summed E-state index contributed by atoms with van der Waals surface area (Å²) in [5, 5.41) is -0.283. The third kappa shape index (κ3) is 5.06. The molecule has 0 saturated carbocycles. The van der Waals surface area contributed by atoms with E-state index in [2.05, 4.69) is 4.74 Å². The highest BCUT2D eigenvalue weighted by molar-refractivity contribution is 8.01. The quantitative estimate of drug-likeness (QED) is 0.646. The molecule has 0 aromatic carbocycles. The molecule has 0 aromatic heterocycles. The largest absolute Gasteiger partial charge is 0.468 e. The van der Waals surface area contributed by atoms with Gasteiger partial charge in [-0.2, -0.15) is 0 Å². The number of thioether (sulfide) groups is 1. The molecule has 5 heteroatoms. The normalized spacial score (nSPS) is 12.0. The number of methoxy groups -OCH3 is 1. The van der Waals surface area contributed by atoms with Crippen molar-refractivity contribution in [2.75, 3.05) is 26.0 Å². The Kier molecular flexibility index (Phi) is 7.21. The number of hydrogen-bond acceptors (Lipinski definition) is 4. The van der Waals surface area contributed by atoms with E-state index in [1.165, 1.54) is 18.9 Å². The molecular weight excluding hydrogens is 214 g/mol. The third-order valence-electron chi connectivity index (χ3n) is 2.11. The second kappa shape index (κ2) is 7.56. The number of esters is 1. The lowest BCUT2D eigenvalue weighted by Gasteiger charge is -2.19. The molecule has 15 heavy (non-hydrogen) atoms. The van der Waals surface area contributed by atoms with Gasteiger partial charge in [-0.3, -0.25) is 9.59 Å². The van der Waals surface area contributed by atoms with Crippen LogP contribution in [0.2, 0.25) is 0 Å². The molecule has 4 nitrogen and oxygen atoms in total. The molecule has 0 bridgehead atoms. The first-order valence-electron chi connectivity index (χ1n) is 5.03. The zero-order chi connectivity index (χ0) is 11.8. The molecule has 0 aliphatic rings. The lowest BCUT2D eigenvalue weighted by atomic mass is 10.5. The van der Waals surface area contributed by atoms with Gasteiger partial charge in [0.15, 0.2) is 0 Å². The smallest absolute Gasteiger partial charge is 0.318 e. The number of nitrogens with zero attached hydrogens (tertiary/aromatic N) is 1. The topological polar surface area (TPSA) is 46.6 Å². The van der Waals surface area contributed by atoms with E-state index in [0.29, 0.717) is 18.8 Å². The summed E-state index contributed by atoms with van der Waals surface area (Å²) in [5.41, 5.74) is 0. The van der Waals surface area contributed by atoms with Crippen LogP contribution in [0.25, 0.3) is 0 Å². The minimum atomic E-state index is -0.285. The van der Waals surface area contributed by atoms with Crippen molar-refractivity contribution in [2.45, 2.75) is 26.0 Å². The van der Waals surface area contributed by atoms with Crippen molar-refractivity contribution >= 4 is 23.6 Å². The predicted octanol–water partition coefficient (Wildman–Crippen LogP) is 1.15. The standard InChI is InChI=1S/C10H19NO3S/c1-5-11(6-2)9(12)7-15-8(3)10(13)14-4/h8H,5-7H2,1-4H3. The molecule has 0 saturated heterocycles. The Morgan fingerprint density at radius 3 is 2.27 bits per heavy atom. The van der Waals surface area contributed by atoms with Gasteiger partial charge in [-0.05, 0) is 20.8 Å². The molecule has 0 N–H and O–H groups in total. The van der Waals surface area contributed by atoms with Crippen molar-refractivity contribution in [3.8, 4) is 0 Å². The zero-order valence-electron chi connectivity index (χ0n) is 9.78. The fourth-order valence-corrected chi connectivity index (χ4v) is 1.91. The van der Waals surface area contributed by atoms with E-state index in [1.807, 2.05) is 13.8 Å². The molecule has 88 valence electrons. The molecule has 0 heterocycles. The maximum atomic E-state index is 11.6. The minimum absolute atomic E-state index is 0.0701. The van der Waals surface area contributed by atoms with Gasteiger partial charge in [-0.1, -0.05) is 0 Å². The summed E-state index contributed by atoms with van der Waals surface area (Å²) >= 11 is 1.31. The summed E-state index contributed by atoms with van der Waals surface area (Å²) in [6.45, 7) is 7.04. The highest BCUT2D eigenvalue weighted by Gasteiger charge is 2.17. The summed E-state index contributed by atoms with van der Waals surface area (Å²) < 4.78 is 4.57. The van der Waals surface area contributed by atoms with E-state index in [0.717, 1.165) is 0 Å². The van der Waals surface area contributed by atoms with E-state index < -0.39 is 0 Å². The van der Waals surface area contributed by atoms with Gasteiger partial charge in [0.25, 0.3) is 0 Å². The lowest BCUT2D eigenvalue weighted by Crippen LogP contribution is -2.32. The Hall–Kier alpha value is -0.710. The van der Waals surface area contributed by atoms with Crippen molar-refractivity contribution in [3.05, 3.63) is 0 Å².